The lowest BCUT2D eigenvalue weighted by molar-refractivity contribution is -0.0685. The Hall–Kier alpha value is -0.306. The minimum atomic E-state index is -1.64. The van der Waals surface area contributed by atoms with E-state index in [1.807, 2.05) is 0 Å². The molecule has 4 nitrogen and oxygen atoms in total. The molecule has 0 aromatic rings. The third kappa shape index (κ3) is 6.73. The van der Waals surface area contributed by atoms with Crippen LogP contribution in [0, 0.1) is 5.92 Å². The van der Waals surface area contributed by atoms with E-state index >= 15 is 0 Å². The van der Waals surface area contributed by atoms with Crippen molar-refractivity contribution in [2.24, 2.45) is 5.92 Å². The Labute approximate surface area is 156 Å². The molecule has 0 amide bonds. The molecule has 1 saturated heterocycles. The topological polar surface area (TPSA) is 36.9 Å². The van der Waals surface area contributed by atoms with Gasteiger partial charge in [0, 0.05) is 12.3 Å². The zero-order valence-corrected chi connectivity index (χ0v) is 19.5. The highest BCUT2D eigenvalue weighted by Gasteiger charge is 2.35. The molecule has 1 fully saturated rings. The first-order valence-electron chi connectivity index (χ1n) is 9.86. The van der Waals surface area contributed by atoms with Gasteiger partial charge in [-0.15, -0.1) is 0 Å². The Kier molecular flexibility index (Phi) is 6.85. The van der Waals surface area contributed by atoms with Gasteiger partial charge >= 0.3 is 0 Å². The van der Waals surface area contributed by atoms with Crippen molar-refractivity contribution < 1.29 is 18.3 Å². The Bertz CT molecular complexity index is 469. The lowest BCUT2D eigenvalue weighted by atomic mass is 10.0. The van der Waals surface area contributed by atoms with Gasteiger partial charge in [-0.1, -0.05) is 0 Å². The molecule has 2 rings (SSSR count). The normalized spacial score (nSPS) is 30.9. The molecule has 1 aliphatic heterocycles. The fourth-order valence-electron chi connectivity index (χ4n) is 3.40. The molecule has 1 heterocycles. The molecule has 3 unspecified atom stereocenters. The van der Waals surface area contributed by atoms with E-state index in [9.17, 15) is 0 Å². The van der Waals surface area contributed by atoms with Crippen LogP contribution in [0.3, 0.4) is 0 Å². The number of rotatable bonds is 8. The van der Waals surface area contributed by atoms with Crippen molar-refractivity contribution in [1.29, 1.82) is 0 Å². The molecule has 0 aromatic carbocycles. The predicted molar refractivity (Wildman–Crippen MR) is 107 cm³/mol. The fourth-order valence-corrected chi connectivity index (χ4v) is 5.29. The second kappa shape index (κ2) is 8.15. The maximum atomic E-state index is 6.48. The van der Waals surface area contributed by atoms with Crippen LogP contribution in [-0.2, 0) is 18.3 Å². The minimum Gasteiger partial charge on any atom is -0.545 e. The molecule has 6 heteroatoms. The Morgan fingerprint density at radius 3 is 1.96 bits per heavy atom. The highest BCUT2D eigenvalue weighted by Crippen LogP contribution is 2.39. The van der Waals surface area contributed by atoms with Crippen LogP contribution < -0.4 is 0 Å². The molecular formula is C19H38O4Si2. The summed E-state index contributed by atoms with van der Waals surface area (Å²) < 4.78 is 24.6. The van der Waals surface area contributed by atoms with Gasteiger partial charge in [0.2, 0.25) is 16.6 Å². The van der Waals surface area contributed by atoms with Crippen LogP contribution in [0.25, 0.3) is 0 Å². The molecule has 0 aromatic heterocycles. The molecule has 0 spiro atoms. The van der Waals surface area contributed by atoms with E-state index in [4.69, 9.17) is 18.3 Å². The summed E-state index contributed by atoms with van der Waals surface area (Å²) in [4.78, 5) is 0. The maximum Gasteiger partial charge on any atom is 0.241 e. The van der Waals surface area contributed by atoms with Crippen LogP contribution >= 0.6 is 0 Å². The van der Waals surface area contributed by atoms with Crippen molar-refractivity contribution in [3.63, 3.8) is 0 Å². The fraction of sp³-hybridized carbons (Fsp3) is 0.895. The molecule has 0 radical (unpaired) electrons. The molecule has 25 heavy (non-hydrogen) atoms. The summed E-state index contributed by atoms with van der Waals surface area (Å²) in [6.07, 6.45) is 5.76. The summed E-state index contributed by atoms with van der Waals surface area (Å²) in [5.74, 6) is 2.80. The zero-order valence-electron chi connectivity index (χ0n) is 17.5. The van der Waals surface area contributed by atoms with Gasteiger partial charge in [-0.05, 0) is 78.8 Å². The Balaban J connectivity index is 1.94. The van der Waals surface area contributed by atoms with Gasteiger partial charge in [0.05, 0.1) is 12.2 Å². The second-order valence-corrected chi connectivity index (χ2v) is 18.4. The summed E-state index contributed by atoms with van der Waals surface area (Å²) in [7, 11) is -3.24. The van der Waals surface area contributed by atoms with E-state index in [-0.39, 0.29) is 18.5 Å². The average molecular weight is 387 g/mol. The summed E-state index contributed by atoms with van der Waals surface area (Å²) in [5.41, 5.74) is 0. The first kappa shape index (κ1) is 21.0. The van der Waals surface area contributed by atoms with Gasteiger partial charge < -0.3 is 18.3 Å². The van der Waals surface area contributed by atoms with Gasteiger partial charge in [-0.25, -0.2) is 0 Å². The standard InChI is InChI=1S/C19H38O4Si2/c1-14-15(2)21-18(20-14)11-9-10-16-12-13-17(22-24(3,4)5)19(16)23-25(6,7)8/h14-16,18H,9-13H2,1-8H3. The van der Waals surface area contributed by atoms with Crippen LogP contribution in [0.1, 0.15) is 46.0 Å². The van der Waals surface area contributed by atoms with Crippen molar-refractivity contribution in [1.82, 2.24) is 0 Å². The molecule has 146 valence electrons. The molecular weight excluding hydrogens is 348 g/mol. The van der Waals surface area contributed by atoms with Crippen LogP contribution in [-0.4, -0.2) is 35.1 Å². The molecule has 0 bridgehead atoms. The Morgan fingerprint density at radius 2 is 1.44 bits per heavy atom. The van der Waals surface area contributed by atoms with E-state index in [1.165, 1.54) is 0 Å². The maximum absolute atomic E-state index is 6.48. The zero-order chi connectivity index (χ0) is 18.8. The highest BCUT2D eigenvalue weighted by atomic mass is 28.4. The lowest BCUT2D eigenvalue weighted by Crippen LogP contribution is -2.29. The van der Waals surface area contributed by atoms with E-state index in [0.717, 1.165) is 43.6 Å². The molecule has 3 atom stereocenters. The summed E-state index contributed by atoms with van der Waals surface area (Å²) in [6.45, 7) is 17.7. The van der Waals surface area contributed by atoms with Crippen LogP contribution in [0.2, 0.25) is 39.3 Å². The highest BCUT2D eigenvalue weighted by molar-refractivity contribution is 6.70. The minimum absolute atomic E-state index is 0.0329. The van der Waals surface area contributed by atoms with Crippen molar-refractivity contribution in [2.45, 2.75) is 104 Å². The van der Waals surface area contributed by atoms with Crippen molar-refractivity contribution in [3.8, 4) is 0 Å². The van der Waals surface area contributed by atoms with Gasteiger partial charge in [0.15, 0.2) is 6.29 Å². The molecule has 2 aliphatic rings. The van der Waals surface area contributed by atoms with Crippen LogP contribution in [0.5, 0.6) is 0 Å². The summed E-state index contributed by atoms with van der Waals surface area (Å²) in [6, 6.07) is 0. The number of hydrogen-bond donors (Lipinski definition) is 0. The van der Waals surface area contributed by atoms with Gasteiger partial charge in [-0.3, -0.25) is 0 Å². The van der Waals surface area contributed by atoms with Crippen molar-refractivity contribution >= 4 is 16.6 Å². The van der Waals surface area contributed by atoms with Gasteiger partial charge in [0.25, 0.3) is 0 Å². The van der Waals surface area contributed by atoms with E-state index in [1.54, 1.807) is 0 Å². The molecule has 0 saturated carbocycles. The Morgan fingerprint density at radius 1 is 0.880 bits per heavy atom. The van der Waals surface area contributed by atoms with E-state index in [2.05, 4.69) is 53.1 Å². The second-order valence-electron chi connectivity index (χ2n) is 9.49. The van der Waals surface area contributed by atoms with Crippen LogP contribution in [0.15, 0.2) is 11.5 Å². The number of allylic oxidation sites excluding steroid dienone is 2. The van der Waals surface area contributed by atoms with E-state index in [0.29, 0.717) is 5.92 Å². The monoisotopic (exact) mass is 386 g/mol. The number of ether oxygens (including phenoxy) is 2. The average Bonchev–Trinajstić information content (AvgIpc) is 2.92. The lowest BCUT2D eigenvalue weighted by Gasteiger charge is -2.27. The SMILES string of the molecule is CC1OC(CCCC2CCC(O[Si](C)(C)C)=C2O[Si](C)(C)C)OC1C. The third-order valence-electron chi connectivity index (χ3n) is 4.60. The van der Waals surface area contributed by atoms with Crippen molar-refractivity contribution in [2.75, 3.05) is 0 Å². The molecule has 0 N–H and O–H groups in total. The third-order valence-corrected chi connectivity index (χ3v) is 6.29. The smallest absolute Gasteiger partial charge is 0.241 e. The van der Waals surface area contributed by atoms with Crippen LogP contribution in [0.4, 0.5) is 0 Å². The molecule has 1 aliphatic carbocycles. The first-order chi connectivity index (χ1) is 11.4. The quantitative estimate of drug-likeness (QED) is 0.506. The van der Waals surface area contributed by atoms with E-state index < -0.39 is 16.6 Å². The van der Waals surface area contributed by atoms with Crippen molar-refractivity contribution in [3.05, 3.63) is 11.5 Å². The first-order valence-corrected chi connectivity index (χ1v) is 16.7. The summed E-state index contributed by atoms with van der Waals surface area (Å²) >= 11 is 0. The number of hydrogen-bond acceptors (Lipinski definition) is 4. The summed E-state index contributed by atoms with van der Waals surface area (Å²) in [5, 5.41) is 0. The predicted octanol–water partition coefficient (Wildman–Crippen LogP) is 5.63. The largest absolute Gasteiger partial charge is 0.545 e. The van der Waals surface area contributed by atoms with Gasteiger partial charge in [-0.2, -0.15) is 0 Å². The van der Waals surface area contributed by atoms with Gasteiger partial charge in [0.1, 0.15) is 11.5 Å².